The lowest BCUT2D eigenvalue weighted by Gasteiger charge is -2.05. The summed E-state index contributed by atoms with van der Waals surface area (Å²) in [7, 11) is 0. The summed E-state index contributed by atoms with van der Waals surface area (Å²) < 4.78 is 12.6. The summed E-state index contributed by atoms with van der Waals surface area (Å²) in [5, 5.41) is 14.9. The average molecular weight is 401 g/mol. The third kappa shape index (κ3) is 5.08. The highest BCUT2D eigenvalue weighted by Gasteiger charge is 2.11. The van der Waals surface area contributed by atoms with Crippen molar-refractivity contribution in [3.8, 4) is 17.2 Å². The number of hydrogen-bond acceptors (Lipinski definition) is 6. The standard InChI is InChI=1S/C23H19N3O4/c27-23(28)15-26-11-3-4-19(14-26)21-13-20(25-30-21)12-17-6-8-18(9-7-17)16-29-22-5-1-2-10-24-22/h1-11,13-14H,12,15-16H2. The molecule has 1 aromatic carbocycles. The molecule has 4 aromatic rings. The van der Waals surface area contributed by atoms with Crippen molar-refractivity contribution in [1.29, 1.82) is 0 Å². The molecule has 0 radical (unpaired) electrons. The Morgan fingerprint density at radius 3 is 2.67 bits per heavy atom. The van der Waals surface area contributed by atoms with Crippen molar-refractivity contribution in [1.82, 2.24) is 10.1 Å². The second-order valence-corrected chi connectivity index (χ2v) is 6.77. The first-order valence-corrected chi connectivity index (χ1v) is 9.42. The Morgan fingerprint density at radius 1 is 1.07 bits per heavy atom. The molecular formula is C23H19N3O4. The summed E-state index contributed by atoms with van der Waals surface area (Å²) in [6, 6.07) is 19.1. The number of nitrogens with zero attached hydrogens (tertiary/aromatic N) is 3. The van der Waals surface area contributed by atoms with E-state index in [9.17, 15) is 9.90 Å². The SMILES string of the molecule is O=C([O-])C[n+]1cccc(-c2cc(Cc3ccc(COc4ccccn4)cc3)no2)c1. The van der Waals surface area contributed by atoms with Crippen molar-refractivity contribution in [3.05, 3.63) is 96.1 Å². The number of hydrogen-bond donors (Lipinski definition) is 0. The quantitative estimate of drug-likeness (QED) is 0.419. The predicted octanol–water partition coefficient (Wildman–Crippen LogP) is 1.94. The third-order valence-corrected chi connectivity index (χ3v) is 4.45. The first-order chi connectivity index (χ1) is 14.7. The summed E-state index contributed by atoms with van der Waals surface area (Å²) in [6.07, 6.45) is 5.67. The molecule has 30 heavy (non-hydrogen) atoms. The molecule has 4 rings (SSSR count). The number of carbonyl (C=O) groups excluding carboxylic acids is 1. The molecule has 0 aliphatic heterocycles. The van der Waals surface area contributed by atoms with E-state index in [0.717, 1.165) is 22.4 Å². The molecule has 0 bridgehead atoms. The topological polar surface area (TPSA) is 92.2 Å². The van der Waals surface area contributed by atoms with Crippen LogP contribution in [0.4, 0.5) is 0 Å². The molecule has 0 unspecified atom stereocenters. The summed E-state index contributed by atoms with van der Waals surface area (Å²) in [6.45, 7) is 0.233. The van der Waals surface area contributed by atoms with Crippen LogP contribution in [0, 0.1) is 0 Å². The molecule has 0 aliphatic carbocycles. The summed E-state index contributed by atoms with van der Waals surface area (Å²) >= 11 is 0. The van der Waals surface area contributed by atoms with Crippen LogP contribution in [0.15, 0.2) is 83.8 Å². The van der Waals surface area contributed by atoms with E-state index in [2.05, 4.69) is 10.1 Å². The number of rotatable bonds is 8. The molecule has 3 heterocycles. The van der Waals surface area contributed by atoms with Crippen molar-refractivity contribution in [2.24, 2.45) is 0 Å². The van der Waals surface area contributed by atoms with Crippen molar-refractivity contribution in [2.75, 3.05) is 0 Å². The number of pyridine rings is 2. The fraction of sp³-hybridized carbons (Fsp3) is 0.130. The van der Waals surface area contributed by atoms with Gasteiger partial charge in [0.25, 0.3) is 0 Å². The van der Waals surface area contributed by atoms with Gasteiger partial charge in [-0.3, -0.25) is 0 Å². The van der Waals surface area contributed by atoms with Crippen LogP contribution >= 0.6 is 0 Å². The molecular weight excluding hydrogens is 382 g/mol. The van der Waals surface area contributed by atoms with Crippen LogP contribution in [0.25, 0.3) is 11.3 Å². The van der Waals surface area contributed by atoms with Gasteiger partial charge in [0.1, 0.15) is 12.6 Å². The van der Waals surface area contributed by atoms with Crippen LogP contribution in [-0.4, -0.2) is 16.1 Å². The van der Waals surface area contributed by atoms with E-state index in [1.54, 1.807) is 24.7 Å². The highest BCUT2D eigenvalue weighted by molar-refractivity contribution is 5.62. The average Bonchev–Trinajstić information content (AvgIpc) is 3.22. The lowest BCUT2D eigenvalue weighted by atomic mass is 10.1. The van der Waals surface area contributed by atoms with E-state index in [-0.39, 0.29) is 6.54 Å². The fourth-order valence-electron chi connectivity index (χ4n) is 3.00. The number of ether oxygens (including phenoxy) is 1. The first kappa shape index (κ1) is 19.3. The molecule has 0 saturated heterocycles. The monoisotopic (exact) mass is 401 g/mol. The lowest BCUT2D eigenvalue weighted by molar-refractivity contribution is -0.690. The van der Waals surface area contributed by atoms with Crippen LogP contribution in [0.2, 0.25) is 0 Å². The van der Waals surface area contributed by atoms with Crippen LogP contribution in [0.5, 0.6) is 5.88 Å². The smallest absolute Gasteiger partial charge is 0.213 e. The zero-order chi connectivity index (χ0) is 20.8. The van der Waals surface area contributed by atoms with Gasteiger partial charge >= 0.3 is 0 Å². The van der Waals surface area contributed by atoms with E-state index < -0.39 is 5.97 Å². The zero-order valence-electron chi connectivity index (χ0n) is 16.1. The van der Waals surface area contributed by atoms with Gasteiger partial charge in [-0.15, -0.1) is 0 Å². The maximum Gasteiger partial charge on any atom is 0.213 e. The van der Waals surface area contributed by atoms with E-state index in [4.69, 9.17) is 9.26 Å². The maximum absolute atomic E-state index is 10.8. The van der Waals surface area contributed by atoms with Crippen molar-refractivity contribution < 1.29 is 23.7 Å². The Balaban J connectivity index is 1.38. The molecule has 0 saturated carbocycles. The maximum atomic E-state index is 10.8. The molecule has 0 aliphatic rings. The minimum absolute atomic E-state index is 0.217. The molecule has 0 amide bonds. The first-order valence-electron chi connectivity index (χ1n) is 9.42. The molecule has 3 aromatic heterocycles. The molecule has 0 fully saturated rings. The molecule has 0 N–H and O–H groups in total. The normalized spacial score (nSPS) is 10.7. The number of carbonyl (C=O) groups is 1. The van der Waals surface area contributed by atoms with Crippen LogP contribution in [-0.2, 0) is 24.4 Å². The van der Waals surface area contributed by atoms with Gasteiger partial charge in [0, 0.05) is 30.8 Å². The Labute approximate surface area is 173 Å². The van der Waals surface area contributed by atoms with Gasteiger partial charge < -0.3 is 19.2 Å². The molecule has 7 nitrogen and oxygen atoms in total. The van der Waals surface area contributed by atoms with Crippen LogP contribution in [0.3, 0.4) is 0 Å². The molecule has 7 heteroatoms. The highest BCUT2D eigenvalue weighted by atomic mass is 16.5. The van der Waals surface area contributed by atoms with Gasteiger partial charge in [-0.05, 0) is 23.3 Å². The third-order valence-electron chi connectivity index (χ3n) is 4.45. The second kappa shape index (κ2) is 9.00. The van der Waals surface area contributed by atoms with E-state index in [1.807, 2.05) is 54.6 Å². The Hall–Kier alpha value is -4.00. The minimum Gasteiger partial charge on any atom is -0.544 e. The van der Waals surface area contributed by atoms with Gasteiger partial charge in [0.15, 0.2) is 24.7 Å². The van der Waals surface area contributed by atoms with Crippen molar-refractivity contribution >= 4 is 5.97 Å². The lowest BCUT2D eigenvalue weighted by Crippen LogP contribution is -2.43. The Kier molecular flexibility index (Phi) is 5.80. The van der Waals surface area contributed by atoms with E-state index >= 15 is 0 Å². The summed E-state index contributed by atoms with van der Waals surface area (Å²) in [4.78, 5) is 14.9. The van der Waals surface area contributed by atoms with Gasteiger partial charge in [-0.25, -0.2) is 4.98 Å². The molecule has 150 valence electrons. The molecule has 0 atom stereocenters. The van der Waals surface area contributed by atoms with Gasteiger partial charge in [0.2, 0.25) is 5.88 Å². The van der Waals surface area contributed by atoms with Crippen molar-refractivity contribution in [3.63, 3.8) is 0 Å². The highest BCUT2D eigenvalue weighted by Crippen LogP contribution is 2.20. The largest absolute Gasteiger partial charge is 0.544 e. The zero-order valence-corrected chi connectivity index (χ0v) is 16.1. The predicted molar refractivity (Wildman–Crippen MR) is 105 cm³/mol. The Bertz CT molecular complexity index is 1120. The van der Waals surface area contributed by atoms with E-state index in [0.29, 0.717) is 24.7 Å². The van der Waals surface area contributed by atoms with Crippen molar-refractivity contribution in [2.45, 2.75) is 19.6 Å². The number of carboxylic acid groups (broad SMARTS) is 1. The number of carboxylic acids is 1. The van der Waals surface area contributed by atoms with Gasteiger partial charge in [-0.2, -0.15) is 4.57 Å². The minimum atomic E-state index is -1.15. The summed E-state index contributed by atoms with van der Waals surface area (Å²) in [5.41, 5.74) is 3.68. The van der Waals surface area contributed by atoms with Crippen LogP contribution in [0.1, 0.15) is 16.8 Å². The van der Waals surface area contributed by atoms with Gasteiger partial charge in [0.05, 0.1) is 11.3 Å². The van der Waals surface area contributed by atoms with Gasteiger partial charge in [-0.1, -0.05) is 35.5 Å². The fourth-order valence-corrected chi connectivity index (χ4v) is 3.00. The van der Waals surface area contributed by atoms with E-state index in [1.165, 1.54) is 4.57 Å². The Morgan fingerprint density at radius 2 is 1.90 bits per heavy atom. The summed E-state index contributed by atoms with van der Waals surface area (Å²) in [5.74, 6) is 0.0286. The number of benzene rings is 1. The van der Waals surface area contributed by atoms with Crippen LogP contribution < -0.4 is 14.4 Å². The molecule has 0 spiro atoms. The second-order valence-electron chi connectivity index (χ2n) is 6.77. The number of aromatic nitrogens is 3. The number of aliphatic carboxylic acids is 1.